The van der Waals surface area contributed by atoms with Crippen molar-refractivity contribution < 1.29 is 14.1 Å². The smallest absolute Gasteiger partial charge is 0.251 e. The van der Waals surface area contributed by atoms with E-state index >= 15 is 0 Å². The van der Waals surface area contributed by atoms with Gasteiger partial charge < -0.3 is 14.6 Å². The zero-order chi connectivity index (χ0) is 18.5. The molecule has 1 amide bonds. The predicted molar refractivity (Wildman–Crippen MR) is 101 cm³/mol. The van der Waals surface area contributed by atoms with Crippen molar-refractivity contribution in [1.82, 2.24) is 10.3 Å². The van der Waals surface area contributed by atoms with E-state index in [9.17, 15) is 4.79 Å². The van der Waals surface area contributed by atoms with Crippen LogP contribution in [0.4, 0.5) is 0 Å². The van der Waals surface area contributed by atoms with E-state index in [1.54, 1.807) is 13.2 Å². The highest BCUT2D eigenvalue weighted by Gasteiger charge is 2.12. The van der Waals surface area contributed by atoms with Crippen molar-refractivity contribution >= 4 is 17.5 Å². The zero-order valence-corrected chi connectivity index (χ0v) is 15.5. The maximum absolute atomic E-state index is 11.6. The molecule has 2 N–H and O–H groups in total. The Morgan fingerprint density at radius 3 is 2.46 bits per heavy atom. The molecule has 0 spiro atoms. The molecule has 1 heterocycles. The third kappa shape index (κ3) is 4.50. The van der Waals surface area contributed by atoms with Crippen molar-refractivity contribution in [2.45, 2.75) is 13.1 Å². The topological polar surface area (TPSA) is 59.6 Å². The number of quaternary nitrogens is 1. The fourth-order valence-corrected chi connectivity index (χ4v) is 2.85. The SMILES string of the molecule is CNC(=O)c1ccc(C[NH+](C)Cc2ncc(-c3ccc(Cl)cc3)o2)cc1. The van der Waals surface area contributed by atoms with Crippen LogP contribution in [0, 0.1) is 0 Å². The highest BCUT2D eigenvalue weighted by atomic mass is 35.5. The van der Waals surface area contributed by atoms with Crippen molar-refractivity contribution in [1.29, 1.82) is 0 Å². The van der Waals surface area contributed by atoms with Gasteiger partial charge in [-0.25, -0.2) is 4.98 Å². The monoisotopic (exact) mass is 370 g/mol. The summed E-state index contributed by atoms with van der Waals surface area (Å²) in [6.45, 7) is 1.48. The molecule has 1 aromatic heterocycles. The molecule has 134 valence electrons. The molecule has 1 atom stereocenters. The first-order valence-corrected chi connectivity index (χ1v) is 8.76. The fourth-order valence-electron chi connectivity index (χ4n) is 2.73. The van der Waals surface area contributed by atoms with Crippen LogP contribution in [0.5, 0.6) is 0 Å². The summed E-state index contributed by atoms with van der Waals surface area (Å²) in [5, 5.41) is 3.32. The molecule has 26 heavy (non-hydrogen) atoms. The van der Waals surface area contributed by atoms with Gasteiger partial charge in [0.05, 0.1) is 13.2 Å². The summed E-state index contributed by atoms with van der Waals surface area (Å²) < 4.78 is 5.86. The van der Waals surface area contributed by atoms with Gasteiger partial charge in [0.25, 0.3) is 11.8 Å². The molecule has 1 unspecified atom stereocenters. The molecule has 0 radical (unpaired) electrons. The molecule has 0 aliphatic carbocycles. The number of halogens is 1. The Morgan fingerprint density at radius 1 is 1.12 bits per heavy atom. The lowest BCUT2D eigenvalue weighted by atomic mass is 10.1. The number of oxazole rings is 1. The Bertz CT molecular complexity index is 873. The van der Waals surface area contributed by atoms with Crippen LogP contribution < -0.4 is 10.2 Å². The first-order valence-electron chi connectivity index (χ1n) is 8.38. The maximum Gasteiger partial charge on any atom is 0.251 e. The molecule has 0 saturated heterocycles. The number of amides is 1. The van der Waals surface area contributed by atoms with E-state index in [2.05, 4.69) is 17.3 Å². The van der Waals surface area contributed by atoms with Gasteiger partial charge in [-0.05, 0) is 36.4 Å². The molecule has 3 aromatic rings. The second kappa shape index (κ2) is 8.17. The summed E-state index contributed by atoms with van der Waals surface area (Å²) >= 11 is 5.91. The molecule has 0 aliphatic heterocycles. The van der Waals surface area contributed by atoms with Gasteiger partial charge in [-0.3, -0.25) is 4.79 Å². The number of hydrogen-bond acceptors (Lipinski definition) is 3. The van der Waals surface area contributed by atoms with Crippen molar-refractivity contribution in [3.05, 3.63) is 76.8 Å². The highest BCUT2D eigenvalue weighted by Crippen LogP contribution is 2.22. The molecule has 0 saturated carbocycles. The van der Waals surface area contributed by atoms with Crippen LogP contribution in [-0.4, -0.2) is 25.0 Å². The Labute approximate surface area is 157 Å². The molecular weight excluding hydrogens is 350 g/mol. The van der Waals surface area contributed by atoms with Crippen LogP contribution in [0.3, 0.4) is 0 Å². The van der Waals surface area contributed by atoms with Gasteiger partial charge >= 0.3 is 0 Å². The van der Waals surface area contributed by atoms with Crippen LogP contribution in [-0.2, 0) is 13.1 Å². The molecule has 3 rings (SSSR count). The van der Waals surface area contributed by atoms with Crippen molar-refractivity contribution in [2.75, 3.05) is 14.1 Å². The van der Waals surface area contributed by atoms with Gasteiger partial charge in [0.1, 0.15) is 6.54 Å². The van der Waals surface area contributed by atoms with Gasteiger partial charge in [-0.1, -0.05) is 23.7 Å². The Morgan fingerprint density at radius 2 is 1.81 bits per heavy atom. The van der Waals surface area contributed by atoms with E-state index in [1.165, 1.54) is 4.90 Å². The van der Waals surface area contributed by atoms with Crippen LogP contribution >= 0.6 is 11.6 Å². The summed E-state index contributed by atoms with van der Waals surface area (Å²) in [5.74, 6) is 1.35. The Hall–Kier alpha value is -2.63. The number of nitrogens with one attached hydrogen (secondary N) is 2. The second-order valence-electron chi connectivity index (χ2n) is 6.21. The quantitative estimate of drug-likeness (QED) is 0.701. The number of aromatic nitrogens is 1. The molecule has 0 bridgehead atoms. The maximum atomic E-state index is 11.6. The van der Waals surface area contributed by atoms with E-state index in [0.29, 0.717) is 23.0 Å². The van der Waals surface area contributed by atoms with E-state index in [4.69, 9.17) is 16.0 Å². The fraction of sp³-hybridized carbons (Fsp3) is 0.200. The first kappa shape index (κ1) is 18.2. The lowest BCUT2D eigenvalue weighted by Crippen LogP contribution is -3.06. The molecule has 0 fully saturated rings. The zero-order valence-electron chi connectivity index (χ0n) is 14.8. The number of rotatable bonds is 6. The summed E-state index contributed by atoms with van der Waals surface area (Å²) in [5.41, 5.74) is 2.77. The Kier molecular flexibility index (Phi) is 5.71. The van der Waals surface area contributed by atoms with Crippen LogP contribution in [0.25, 0.3) is 11.3 Å². The van der Waals surface area contributed by atoms with Crippen LogP contribution in [0.2, 0.25) is 5.02 Å². The Balaban J connectivity index is 1.60. The van der Waals surface area contributed by atoms with Gasteiger partial charge in [0.15, 0.2) is 12.3 Å². The van der Waals surface area contributed by atoms with Gasteiger partial charge in [0, 0.05) is 28.8 Å². The van der Waals surface area contributed by atoms with Gasteiger partial charge in [0.2, 0.25) is 0 Å². The van der Waals surface area contributed by atoms with Crippen LogP contribution in [0.15, 0.2) is 59.1 Å². The predicted octanol–water partition coefficient (Wildman–Crippen LogP) is 2.57. The lowest BCUT2D eigenvalue weighted by Gasteiger charge is -2.12. The third-order valence-electron chi connectivity index (χ3n) is 4.08. The minimum atomic E-state index is -0.0771. The summed E-state index contributed by atoms with van der Waals surface area (Å²) in [6, 6.07) is 15.1. The highest BCUT2D eigenvalue weighted by molar-refractivity contribution is 6.30. The standard InChI is InChI=1S/C20H20ClN3O2/c1-22-20(25)16-5-3-14(4-6-16)12-24(2)13-19-23-11-18(26-19)15-7-9-17(21)10-8-15/h3-11H,12-13H2,1-2H3,(H,22,25)/p+1. The largest absolute Gasteiger partial charge is 0.435 e. The number of carbonyl (C=O) groups excluding carboxylic acids is 1. The summed E-state index contributed by atoms with van der Waals surface area (Å²) in [7, 11) is 3.71. The summed E-state index contributed by atoms with van der Waals surface area (Å²) in [4.78, 5) is 17.2. The molecule has 5 nitrogen and oxygen atoms in total. The number of hydrogen-bond donors (Lipinski definition) is 2. The average molecular weight is 371 g/mol. The second-order valence-corrected chi connectivity index (χ2v) is 6.65. The van der Waals surface area contributed by atoms with E-state index in [-0.39, 0.29) is 5.91 Å². The molecule has 6 heteroatoms. The third-order valence-corrected chi connectivity index (χ3v) is 4.34. The normalized spacial score (nSPS) is 12.0. The lowest BCUT2D eigenvalue weighted by molar-refractivity contribution is -0.909. The van der Waals surface area contributed by atoms with Crippen molar-refractivity contribution in [2.24, 2.45) is 0 Å². The van der Waals surface area contributed by atoms with Crippen molar-refractivity contribution in [3.63, 3.8) is 0 Å². The molecule has 0 aliphatic rings. The van der Waals surface area contributed by atoms with E-state index < -0.39 is 0 Å². The van der Waals surface area contributed by atoms with Gasteiger partial charge in [-0.2, -0.15) is 0 Å². The first-order chi connectivity index (χ1) is 12.5. The van der Waals surface area contributed by atoms with Crippen LogP contribution in [0.1, 0.15) is 21.8 Å². The van der Waals surface area contributed by atoms with E-state index in [1.807, 2.05) is 48.5 Å². The number of nitrogens with zero attached hydrogens (tertiary/aromatic N) is 1. The molecular formula is C20H21ClN3O2+. The van der Waals surface area contributed by atoms with Crippen molar-refractivity contribution in [3.8, 4) is 11.3 Å². The average Bonchev–Trinajstić information content (AvgIpc) is 3.10. The van der Waals surface area contributed by atoms with Gasteiger partial charge in [-0.15, -0.1) is 0 Å². The molecule has 2 aromatic carbocycles. The summed E-state index contributed by atoms with van der Waals surface area (Å²) in [6.07, 6.45) is 1.74. The number of carbonyl (C=O) groups is 1. The number of benzene rings is 2. The minimum absolute atomic E-state index is 0.0771. The van der Waals surface area contributed by atoms with E-state index in [0.717, 1.165) is 23.4 Å². The minimum Gasteiger partial charge on any atom is -0.435 e.